The lowest BCUT2D eigenvalue weighted by Crippen LogP contribution is -2.51. The van der Waals surface area contributed by atoms with Gasteiger partial charge >= 0.3 is 0 Å². The first-order valence-corrected chi connectivity index (χ1v) is 5.99. The molecule has 1 amide bonds. The van der Waals surface area contributed by atoms with Gasteiger partial charge in [-0.05, 0) is 47.7 Å². The van der Waals surface area contributed by atoms with E-state index < -0.39 is 17.3 Å². The first kappa shape index (κ1) is 14.3. The molecule has 0 aliphatic rings. The minimum atomic E-state index is -1.09. The summed E-state index contributed by atoms with van der Waals surface area (Å²) < 4.78 is 13.3. The van der Waals surface area contributed by atoms with E-state index in [2.05, 4.69) is 5.32 Å². The monoisotopic (exact) mass is 353 g/mol. The summed E-state index contributed by atoms with van der Waals surface area (Å²) in [5.41, 5.74) is -0.783. The molecule has 0 bridgehead atoms. The van der Waals surface area contributed by atoms with Crippen molar-refractivity contribution < 1.29 is 19.4 Å². The standard InChI is InChI=1S/C11H13FINO3/c1-11(5-15,6-16)14-10(17)8-3-2-7(12)4-9(8)13/h2-4,15-16H,5-6H2,1H3,(H,14,17). The predicted octanol–water partition coefficient (Wildman–Crippen LogP) is 0.903. The molecular weight excluding hydrogens is 340 g/mol. The highest BCUT2D eigenvalue weighted by molar-refractivity contribution is 14.1. The normalized spacial score (nSPS) is 11.4. The van der Waals surface area contributed by atoms with Crippen LogP contribution in [0.1, 0.15) is 17.3 Å². The third-order valence-corrected chi connectivity index (χ3v) is 3.18. The summed E-state index contributed by atoms with van der Waals surface area (Å²) in [6.07, 6.45) is 0. The number of benzene rings is 1. The van der Waals surface area contributed by atoms with Crippen LogP contribution in [-0.4, -0.2) is 34.9 Å². The van der Waals surface area contributed by atoms with E-state index >= 15 is 0 Å². The van der Waals surface area contributed by atoms with E-state index in [-0.39, 0.29) is 13.2 Å². The number of rotatable bonds is 4. The van der Waals surface area contributed by atoms with Crippen LogP contribution in [0.25, 0.3) is 0 Å². The molecule has 0 heterocycles. The number of hydrogen-bond acceptors (Lipinski definition) is 3. The van der Waals surface area contributed by atoms with Gasteiger partial charge in [0.25, 0.3) is 5.91 Å². The molecule has 17 heavy (non-hydrogen) atoms. The van der Waals surface area contributed by atoms with Crippen LogP contribution in [0.2, 0.25) is 0 Å². The number of hydrogen-bond donors (Lipinski definition) is 3. The molecule has 1 aromatic carbocycles. The molecule has 1 rings (SSSR count). The molecule has 0 unspecified atom stereocenters. The average molecular weight is 353 g/mol. The summed E-state index contributed by atoms with van der Waals surface area (Å²) in [7, 11) is 0. The molecular formula is C11H13FINO3. The second-order valence-electron chi connectivity index (χ2n) is 3.96. The maximum absolute atomic E-state index is 12.9. The van der Waals surface area contributed by atoms with E-state index in [0.29, 0.717) is 9.13 Å². The Balaban J connectivity index is 2.90. The number of aliphatic hydroxyl groups excluding tert-OH is 2. The van der Waals surface area contributed by atoms with Crippen LogP contribution in [-0.2, 0) is 0 Å². The van der Waals surface area contributed by atoms with Gasteiger partial charge in [0.2, 0.25) is 0 Å². The van der Waals surface area contributed by atoms with Crippen molar-refractivity contribution in [2.24, 2.45) is 0 Å². The highest BCUT2D eigenvalue weighted by atomic mass is 127. The van der Waals surface area contributed by atoms with Crippen LogP contribution < -0.4 is 5.32 Å². The second kappa shape index (κ2) is 5.74. The van der Waals surface area contributed by atoms with Crippen LogP contribution in [0.5, 0.6) is 0 Å². The van der Waals surface area contributed by atoms with Gasteiger partial charge in [-0.25, -0.2) is 4.39 Å². The Kier molecular flexibility index (Phi) is 4.84. The van der Waals surface area contributed by atoms with Crippen LogP contribution >= 0.6 is 22.6 Å². The van der Waals surface area contributed by atoms with Crippen molar-refractivity contribution in [2.75, 3.05) is 13.2 Å². The van der Waals surface area contributed by atoms with Crippen LogP contribution in [0.3, 0.4) is 0 Å². The molecule has 94 valence electrons. The highest BCUT2D eigenvalue weighted by Crippen LogP contribution is 2.15. The van der Waals surface area contributed by atoms with Gasteiger partial charge in [0.05, 0.1) is 24.3 Å². The average Bonchev–Trinajstić information content (AvgIpc) is 2.28. The Morgan fingerprint density at radius 2 is 2.06 bits per heavy atom. The molecule has 1 aromatic rings. The van der Waals surface area contributed by atoms with E-state index in [0.717, 1.165) is 0 Å². The smallest absolute Gasteiger partial charge is 0.252 e. The molecule has 0 aliphatic carbocycles. The lowest BCUT2D eigenvalue weighted by Gasteiger charge is -2.26. The van der Waals surface area contributed by atoms with E-state index in [1.807, 2.05) is 22.6 Å². The first-order chi connectivity index (χ1) is 7.91. The number of nitrogens with one attached hydrogen (secondary N) is 1. The van der Waals surface area contributed by atoms with Gasteiger partial charge in [-0.1, -0.05) is 0 Å². The fourth-order valence-electron chi connectivity index (χ4n) is 1.14. The molecule has 0 atom stereocenters. The number of amides is 1. The number of carbonyl (C=O) groups is 1. The SMILES string of the molecule is CC(CO)(CO)NC(=O)c1ccc(F)cc1I. The van der Waals surface area contributed by atoms with Crippen LogP contribution in [0, 0.1) is 9.39 Å². The fraction of sp³-hybridized carbons (Fsp3) is 0.364. The molecule has 0 fully saturated rings. The van der Waals surface area contributed by atoms with Crippen molar-refractivity contribution in [3.05, 3.63) is 33.1 Å². The van der Waals surface area contributed by atoms with Crippen molar-refractivity contribution in [3.63, 3.8) is 0 Å². The molecule has 0 saturated heterocycles. The maximum Gasteiger partial charge on any atom is 0.252 e. The molecule has 0 saturated carbocycles. The van der Waals surface area contributed by atoms with Gasteiger partial charge in [-0.3, -0.25) is 4.79 Å². The summed E-state index contributed by atoms with van der Waals surface area (Å²) in [6, 6.07) is 3.79. The van der Waals surface area contributed by atoms with E-state index in [9.17, 15) is 9.18 Å². The van der Waals surface area contributed by atoms with Gasteiger partial charge in [0.15, 0.2) is 0 Å². The van der Waals surface area contributed by atoms with E-state index in [1.165, 1.54) is 25.1 Å². The molecule has 0 radical (unpaired) electrons. The first-order valence-electron chi connectivity index (χ1n) is 4.91. The zero-order chi connectivity index (χ0) is 13.1. The van der Waals surface area contributed by atoms with E-state index in [4.69, 9.17) is 10.2 Å². The molecule has 0 aromatic heterocycles. The second-order valence-corrected chi connectivity index (χ2v) is 5.12. The summed E-state index contributed by atoms with van der Waals surface area (Å²) in [5, 5.41) is 20.6. The van der Waals surface area contributed by atoms with Crippen molar-refractivity contribution in [2.45, 2.75) is 12.5 Å². The minimum Gasteiger partial charge on any atom is -0.394 e. The van der Waals surface area contributed by atoms with Crippen molar-refractivity contribution >= 4 is 28.5 Å². The van der Waals surface area contributed by atoms with Crippen molar-refractivity contribution in [3.8, 4) is 0 Å². The highest BCUT2D eigenvalue weighted by Gasteiger charge is 2.25. The summed E-state index contributed by atoms with van der Waals surface area (Å²) >= 11 is 1.85. The Bertz CT molecular complexity index is 421. The van der Waals surface area contributed by atoms with Gasteiger partial charge in [0, 0.05) is 3.57 Å². The Morgan fingerprint density at radius 3 is 2.53 bits per heavy atom. The number of carbonyl (C=O) groups excluding carboxylic acids is 1. The van der Waals surface area contributed by atoms with Crippen molar-refractivity contribution in [1.82, 2.24) is 5.32 Å². The Labute approximate surface area is 112 Å². The fourth-order valence-corrected chi connectivity index (χ4v) is 1.87. The Morgan fingerprint density at radius 1 is 1.47 bits per heavy atom. The zero-order valence-electron chi connectivity index (χ0n) is 9.20. The molecule has 0 aliphatic heterocycles. The quantitative estimate of drug-likeness (QED) is 0.705. The lowest BCUT2D eigenvalue weighted by atomic mass is 10.0. The molecule has 4 nitrogen and oxygen atoms in total. The summed E-state index contributed by atoms with van der Waals surface area (Å²) in [4.78, 5) is 11.8. The summed E-state index contributed by atoms with van der Waals surface area (Å²) in [5.74, 6) is -0.877. The largest absolute Gasteiger partial charge is 0.394 e. The topological polar surface area (TPSA) is 69.6 Å². The van der Waals surface area contributed by atoms with Crippen LogP contribution in [0.4, 0.5) is 4.39 Å². The molecule has 3 N–H and O–H groups in total. The van der Waals surface area contributed by atoms with E-state index in [1.54, 1.807) is 0 Å². The predicted molar refractivity (Wildman–Crippen MR) is 69.2 cm³/mol. The lowest BCUT2D eigenvalue weighted by molar-refractivity contribution is 0.0723. The molecule has 0 spiro atoms. The number of aliphatic hydroxyl groups is 2. The summed E-state index contributed by atoms with van der Waals surface area (Å²) in [6.45, 7) is 0.751. The van der Waals surface area contributed by atoms with Crippen molar-refractivity contribution in [1.29, 1.82) is 0 Å². The van der Waals surface area contributed by atoms with Crippen LogP contribution in [0.15, 0.2) is 18.2 Å². The van der Waals surface area contributed by atoms with Gasteiger partial charge in [-0.2, -0.15) is 0 Å². The number of halogens is 2. The third-order valence-electron chi connectivity index (χ3n) is 2.29. The zero-order valence-corrected chi connectivity index (χ0v) is 11.4. The third kappa shape index (κ3) is 3.62. The van der Waals surface area contributed by atoms with Gasteiger partial charge in [-0.15, -0.1) is 0 Å². The minimum absolute atomic E-state index is 0.306. The van der Waals surface area contributed by atoms with Gasteiger partial charge < -0.3 is 15.5 Å². The molecule has 6 heteroatoms. The van der Waals surface area contributed by atoms with Gasteiger partial charge in [0.1, 0.15) is 5.82 Å². The maximum atomic E-state index is 12.9. The Hall–Kier alpha value is -0.730.